The highest BCUT2D eigenvalue weighted by Gasteiger charge is 2.29. The predicted molar refractivity (Wildman–Crippen MR) is 105 cm³/mol. The first kappa shape index (κ1) is 19.5. The van der Waals surface area contributed by atoms with Crippen molar-refractivity contribution in [1.29, 1.82) is 0 Å². The Morgan fingerprint density at radius 1 is 1.28 bits per heavy atom. The second-order valence-corrected chi connectivity index (χ2v) is 6.69. The maximum Gasteiger partial charge on any atom is 0.229 e. The van der Waals surface area contributed by atoms with Crippen molar-refractivity contribution in [3.8, 4) is 5.75 Å². The zero-order valence-electron chi connectivity index (χ0n) is 15.1. The minimum atomic E-state index is -0.107. The van der Waals surface area contributed by atoms with Crippen molar-refractivity contribution in [3.63, 3.8) is 0 Å². The van der Waals surface area contributed by atoms with Gasteiger partial charge in [-0.25, -0.2) is 0 Å². The van der Waals surface area contributed by atoms with Crippen LogP contribution in [-0.2, 0) is 4.79 Å². The molecule has 1 heterocycles. The maximum absolute atomic E-state index is 12.8. The number of carbonyl (C=O) groups excluding carboxylic acids is 1. The van der Waals surface area contributed by atoms with Crippen LogP contribution >= 0.6 is 12.4 Å². The largest absolute Gasteiger partial charge is 0.497 e. The van der Waals surface area contributed by atoms with E-state index in [4.69, 9.17) is 4.74 Å². The lowest BCUT2D eigenvalue weighted by atomic mass is 9.96. The number of fused-ring (bicyclic) bond motifs is 1. The summed E-state index contributed by atoms with van der Waals surface area (Å²) in [6.45, 7) is 4.74. The molecule has 0 aromatic heterocycles. The zero-order valence-corrected chi connectivity index (χ0v) is 15.9. The first-order valence-electron chi connectivity index (χ1n) is 8.63. The van der Waals surface area contributed by atoms with Crippen LogP contribution in [0.4, 0.5) is 0 Å². The zero-order chi connectivity index (χ0) is 17.1. The molecule has 2 atom stereocenters. The molecule has 1 aliphatic rings. The molecule has 0 spiro atoms. The molecule has 1 amide bonds. The molecule has 2 unspecified atom stereocenters. The summed E-state index contributed by atoms with van der Waals surface area (Å²) in [7, 11) is 3.64. The van der Waals surface area contributed by atoms with Crippen molar-refractivity contribution < 1.29 is 9.53 Å². The van der Waals surface area contributed by atoms with Crippen LogP contribution < -0.4 is 10.1 Å². The van der Waals surface area contributed by atoms with Crippen molar-refractivity contribution in [1.82, 2.24) is 10.2 Å². The number of amides is 1. The molecule has 5 heteroatoms. The number of hydrogen-bond donors (Lipinski definition) is 1. The Bertz CT molecular complexity index is 735. The Morgan fingerprint density at radius 2 is 2.00 bits per heavy atom. The van der Waals surface area contributed by atoms with E-state index >= 15 is 0 Å². The van der Waals surface area contributed by atoms with E-state index in [9.17, 15) is 4.79 Å². The molecule has 136 valence electrons. The molecule has 1 saturated heterocycles. The highest BCUT2D eigenvalue weighted by atomic mass is 35.5. The first-order chi connectivity index (χ1) is 11.6. The van der Waals surface area contributed by atoms with E-state index in [1.54, 1.807) is 7.11 Å². The Labute approximate surface area is 155 Å². The Balaban J connectivity index is 0.00000225. The van der Waals surface area contributed by atoms with Gasteiger partial charge in [0.05, 0.1) is 13.0 Å². The van der Waals surface area contributed by atoms with Crippen LogP contribution in [0.2, 0.25) is 0 Å². The number of nitrogens with one attached hydrogen (secondary N) is 1. The lowest BCUT2D eigenvalue weighted by molar-refractivity contribution is -0.131. The van der Waals surface area contributed by atoms with Crippen LogP contribution in [0.3, 0.4) is 0 Å². The van der Waals surface area contributed by atoms with Gasteiger partial charge in [0.15, 0.2) is 0 Å². The van der Waals surface area contributed by atoms with Crippen molar-refractivity contribution in [2.45, 2.75) is 19.3 Å². The monoisotopic (exact) mass is 362 g/mol. The number of hydrogen-bond acceptors (Lipinski definition) is 3. The van der Waals surface area contributed by atoms with Gasteiger partial charge < -0.3 is 15.0 Å². The second kappa shape index (κ2) is 8.54. The summed E-state index contributed by atoms with van der Waals surface area (Å²) in [4.78, 5) is 14.8. The fraction of sp³-hybridized carbons (Fsp3) is 0.450. The number of carbonyl (C=O) groups is 1. The summed E-state index contributed by atoms with van der Waals surface area (Å²) < 4.78 is 5.27. The quantitative estimate of drug-likeness (QED) is 0.885. The van der Waals surface area contributed by atoms with Gasteiger partial charge in [0.1, 0.15) is 5.75 Å². The number of rotatable bonds is 5. The second-order valence-electron chi connectivity index (χ2n) is 6.69. The first-order valence-corrected chi connectivity index (χ1v) is 8.63. The van der Waals surface area contributed by atoms with Crippen LogP contribution in [0.25, 0.3) is 10.8 Å². The van der Waals surface area contributed by atoms with Crippen LogP contribution in [0, 0.1) is 5.92 Å². The van der Waals surface area contributed by atoms with Gasteiger partial charge in [-0.2, -0.15) is 0 Å². The van der Waals surface area contributed by atoms with Gasteiger partial charge in [0.25, 0.3) is 0 Å². The summed E-state index contributed by atoms with van der Waals surface area (Å²) in [6.07, 6.45) is 1.09. The molecular formula is C20H27ClN2O2. The molecule has 1 N–H and O–H groups in total. The Kier molecular flexibility index (Phi) is 6.68. The summed E-state index contributed by atoms with van der Waals surface area (Å²) in [6, 6.07) is 12.3. The molecular weight excluding hydrogens is 336 g/mol. The van der Waals surface area contributed by atoms with Crippen LogP contribution in [0.5, 0.6) is 5.75 Å². The molecule has 2 aromatic rings. The molecule has 3 rings (SSSR count). The fourth-order valence-corrected chi connectivity index (χ4v) is 3.54. The Morgan fingerprint density at radius 3 is 2.72 bits per heavy atom. The topological polar surface area (TPSA) is 41.6 Å². The highest BCUT2D eigenvalue weighted by Crippen LogP contribution is 2.27. The molecule has 2 aromatic carbocycles. The summed E-state index contributed by atoms with van der Waals surface area (Å²) in [5, 5.41) is 5.48. The van der Waals surface area contributed by atoms with Gasteiger partial charge in [-0.3, -0.25) is 4.79 Å². The average Bonchev–Trinajstić information content (AvgIpc) is 3.08. The van der Waals surface area contributed by atoms with Crippen molar-refractivity contribution in [2.75, 3.05) is 33.8 Å². The van der Waals surface area contributed by atoms with E-state index in [2.05, 4.69) is 23.5 Å². The van der Waals surface area contributed by atoms with Gasteiger partial charge in [-0.05, 0) is 61.3 Å². The third-order valence-electron chi connectivity index (χ3n) is 5.03. The van der Waals surface area contributed by atoms with Gasteiger partial charge >= 0.3 is 0 Å². The van der Waals surface area contributed by atoms with E-state index < -0.39 is 0 Å². The third kappa shape index (κ3) is 4.25. The third-order valence-corrected chi connectivity index (χ3v) is 5.03. The molecule has 1 fully saturated rings. The standard InChI is InChI=1S/C20H26N2O2.ClH/c1-14(20(23)22-9-8-15(13-22)12-21-2)16-4-5-18-11-19(24-3)7-6-17(18)10-16;/h4-7,10-11,14-15,21H,8-9,12-13H2,1-3H3;1H. The maximum atomic E-state index is 12.8. The molecule has 1 aliphatic heterocycles. The van der Waals surface area contributed by atoms with Gasteiger partial charge in [-0.15, -0.1) is 12.4 Å². The SMILES string of the molecule is CNCC1CCN(C(=O)C(C)c2ccc3cc(OC)ccc3c2)C1.Cl. The molecule has 0 bridgehead atoms. The molecule has 0 radical (unpaired) electrons. The van der Waals surface area contributed by atoms with Crippen molar-refractivity contribution in [3.05, 3.63) is 42.0 Å². The summed E-state index contributed by atoms with van der Waals surface area (Å²) in [5.74, 6) is 1.56. The highest BCUT2D eigenvalue weighted by molar-refractivity contribution is 5.88. The lowest BCUT2D eigenvalue weighted by Gasteiger charge is -2.21. The van der Waals surface area contributed by atoms with Gasteiger partial charge in [0, 0.05) is 13.1 Å². The summed E-state index contributed by atoms with van der Waals surface area (Å²) in [5.41, 5.74) is 1.08. The minimum absolute atomic E-state index is 0. The smallest absolute Gasteiger partial charge is 0.229 e. The molecule has 0 aliphatic carbocycles. The van der Waals surface area contributed by atoms with Crippen molar-refractivity contribution >= 4 is 29.1 Å². The number of benzene rings is 2. The predicted octanol–water partition coefficient (Wildman–Crippen LogP) is 3.44. The number of halogens is 1. The molecule has 25 heavy (non-hydrogen) atoms. The van der Waals surface area contributed by atoms with Gasteiger partial charge in [0.2, 0.25) is 5.91 Å². The average molecular weight is 363 g/mol. The van der Waals surface area contributed by atoms with E-state index in [1.807, 2.05) is 37.1 Å². The van der Waals surface area contributed by atoms with Crippen LogP contribution in [0.1, 0.15) is 24.8 Å². The number of ether oxygens (including phenoxy) is 1. The molecule has 0 saturated carbocycles. The van der Waals surface area contributed by atoms with E-state index in [0.717, 1.165) is 48.1 Å². The Hall–Kier alpha value is -1.78. The van der Waals surface area contributed by atoms with Gasteiger partial charge in [-0.1, -0.05) is 24.3 Å². The van der Waals surface area contributed by atoms with E-state index in [0.29, 0.717) is 5.92 Å². The van der Waals surface area contributed by atoms with E-state index in [-0.39, 0.29) is 24.2 Å². The minimum Gasteiger partial charge on any atom is -0.497 e. The van der Waals surface area contributed by atoms with Crippen molar-refractivity contribution in [2.24, 2.45) is 5.92 Å². The number of likely N-dealkylation sites (tertiary alicyclic amines) is 1. The molecule has 4 nitrogen and oxygen atoms in total. The summed E-state index contributed by atoms with van der Waals surface area (Å²) >= 11 is 0. The number of nitrogens with zero attached hydrogens (tertiary/aromatic N) is 1. The van der Waals surface area contributed by atoms with Crippen LogP contribution in [-0.4, -0.2) is 44.6 Å². The lowest BCUT2D eigenvalue weighted by Crippen LogP contribution is -2.33. The normalized spacial score (nSPS) is 18.0. The van der Waals surface area contributed by atoms with E-state index in [1.165, 1.54) is 0 Å². The fourth-order valence-electron chi connectivity index (χ4n) is 3.54. The number of methoxy groups -OCH3 is 1. The van der Waals surface area contributed by atoms with Crippen LogP contribution in [0.15, 0.2) is 36.4 Å².